The van der Waals surface area contributed by atoms with E-state index in [-0.39, 0.29) is 29.3 Å². The molecule has 2 unspecified atom stereocenters. The standard InChI is InChI=1S/C34H44N2O2/c1-4-36-29-18-17-25-27-16-11-20-33(27,2)21-19-28(25)34(29,3)22-26(32(36)38)31(37)35-30(23-12-7-5-8-13-23)24-14-9-6-10-15-24/h5-10,12-15,25-30H,4,11,16-22H2,1-3H3,(H,35,37)/t25-,26?,27-,28+,29?,33-,34+/m0/s1. The number of piperidine rings is 1. The Bertz CT molecular complexity index is 1130. The molecule has 2 aromatic carbocycles. The lowest BCUT2D eigenvalue weighted by Crippen LogP contribution is -2.65. The molecular formula is C34H44N2O2. The maximum Gasteiger partial charge on any atom is 0.235 e. The first-order valence-electron chi connectivity index (χ1n) is 15.1. The topological polar surface area (TPSA) is 49.4 Å². The third-order valence-electron chi connectivity index (χ3n) is 11.4. The number of nitrogens with one attached hydrogen (secondary N) is 1. The van der Waals surface area contributed by atoms with Crippen LogP contribution in [0.25, 0.3) is 0 Å². The Morgan fingerprint density at radius 1 is 0.921 bits per heavy atom. The van der Waals surface area contributed by atoms with Crippen LogP contribution in [0, 0.1) is 34.5 Å². The molecule has 1 N–H and O–H groups in total. The smallest absolute Gasteiger partial charge is 0.235 e. The van der Waals surface area contributed by atoms with Gasteiger partial charge in [-0.3, -0.25) is 9.59 Å². The minimum absolute atomic E-state index is 0.00620. The zero-order valence-corrected chi connectivity index (χ0v) is 23.4. The van der Waals surface area contributed by atoms with Crippen LogP contribution in [0.3, 0.4) is 0 Å². The summed E-state index contributed by atoms with van der Waals surface area (Å²) in [4.78, 5) is 30.1. The Balaban J connectivity index is 1.30. The van der Waals surface area contributed by atoms with E-state index < -0.39 is 5.92 Å². The van der Waals surface area contributed by atoms with Gasteiger partial charge in [-0.15, -0.1) is 0 Å². The Hall–Kier alpha value is -2.62. The highest BCUT2D eigenvalue weighted by atomic mass is 16.2. The number of carbonyl (C=O) groups is 2. The first-order valence-corrected chi connectivity index (χ1v) is 15.1. The normalized spacial score (nSPS) is 36.4. The third kappa shape index (κ3) is 4.10. The van der Waals surface area contributed by atoms with Gasteiger partial charge in [0.25, 0.3) is 0 Å². The van der Waals surface area contributed by atoms with Gasteiger partial charge in [-0.1, -0.05) is 80.9 Å². The fourth-order valence-electron chi connectivity index (χ4n) is 9.58. The van der Waals surface area contributed by atoms with Crippen molar-refractivity contribution in [3.05, 3.63) is 71.8 Å². The summed E-state index contributed by atoms with van der Waals surface area (Å²) >= 11 is 0. The molecule has 1 aliphatic heterocycles. The highest BCUT2D eigenvalue weighted by Crippen LogP contribution is 2.65. The van der Waals surface area contributed by atoms with Crippen LogP contribution in [-0.2, 0) is 9.59 Å². The van der Waals surface area contributed by atoms with Crippen LogP contribution in [-0.4, -0.2) is 29.3 Å². The van der Waals surface area contributed by atoms with E-state index in [9.17, 15) is 9.59 Å². The summed E-state index contributed by atoms with van der Waals surface area (Å²) in [7, 11) is 0. The zero-order chi connectivity index (χ0) is 26.5. The second-order valence-corrected chi connectivity index (χ2v) is 13.2. The number of hydrogen-bond donors (Lipinski definition) is 1. The largest absolute Gasteiger partial charge is 0.344 e. The van der Waals surface area contributed by atoms with Crippen LogP contribution in [0.1, 0.15) is 89.3 Å². The maximum absolute atomic E-state index is 14.1. The van der Waals surface area contributed by atoms with Gasteiger partial charge >= 0.3 is 0 Å². The summed E-state index contributed by atoms with van der Waals surface area (Å²) in [6, 6.07) is 20.3. The van der Waals surface area contributed by atoms with E-state index in [1.54, 1.807) is 0 Å². The predicted molar refractivity (Wildman–Crippen MR) is 151 cm³/mol. The Morgan fingerprint density at radius 2 is 1.58 bits per heavy atom. The minimum Gasteiger partial charge on any atom is -0.344 e. The second kappa shape index (κ2) is 9.84. The van der Waals surface area contributed by atoms with Crippen LogP contribution in [0.4, 0.5) is 0 Å². The molecule has 2 aromatic rings. The van der Waals surface area contributed by atoms with Gasteiger partial charge in [-0.25, -0.2) is 0 Å². The fourth-order valence-corrected chi connectivity index (χ4v) is 9.58. The molecule has 0 bridgehead atoms. The molecule has 0 radical (unpaired) electrons. The molecule has 4 fully saturated rings. The highest BCUT2D eigenvalue weighted by Gasteiger charge is 2.61. The first-order chi connectivity index (χ1) is 18.4. The van der Waals surface area contributed by atoms with Gasteiger partial charge in [0.05, 0.1) is 6.04 Å². The molecule has 3 saturated carbocycles. The van der Waals surface area contributed by atoms with Crippen LogP contribution in [0.5, 0.6) is 0 Å². The van der Waals surface area contributed by atoms with Gasteiger partial charge in [0.2, 0.25) is 11.8 Å². The average molecular weight is 513 g/mol. The van der Waals surface area contributed by atoms with Crippen molar-refractivity contribution in [3.63, 3.8) is 0 Å². The van der Waals surface area contributed by atoms with Crippen molar-refractivity contribution in [2.45, 2.75) is 84.2 Å². The van der Waals surface area contributed by atoms with Crippen molar-refractivity contribution in [1.82, 2.24) is 10.2 Å². The lowest BCUT2D eigenvalue weighted by Gasteiger charge is -2.62. The average Bonchev–Trinajstić information content (AvgIpc) is 3.34. The number of nitrogens with zero attached hydrogens (tertiary/aromatic N) is 1. The summed E-state index contributed by atoms with van der Waals surface area (Å²) in [6.45, 7) is 7.76. The van der Waals surface area contributed by atoms with E-state index in [4.69, 9.17) is 0 Å². The van der Waals surface area contributed by atoms with Gasteiger partial charge in [0, 0.05) is 12.6 Å². The van der Waals surface area contributed by atoms with Gasteiger partial charge in [0.15, 0.2) is 0 Å². The summed E-state index contributed by atoms with van der Waals surface area (Å²) in [5, 5.41) is 3.34. The lowest BCUT2D eigenvalue weighted by atomic mass is 9.47. The molecule has 0 spiro atoms. The maximum atomic E-state index is 14.1. The third-order valence-corrected chi connectivity index (χ3v) is 11.4. The minimum atomic E-state index is -0.623. The Morgan fingerprint density at radius 3 is 2.21 bits per heavy atom. The van der Waals surface area contributed by atoms with Crippen molar-refractivity contribution in [2.75, 3.05) is 6.54 Å². The van der Waals surface area contributed by atoms with E-state index in [1.165, 1.54) is 38.5 Å². The van der Waals surface area contributed by atoms with Crippen molar-refractivity contribution in [2.24, 2.45) is 34.5 Å². The first kappa shape index (κ1) is 25.6. The van der Waals surface area contributed by atoms with E-state index >= 15 is 0 Å². The van der Waals surface area contributed by atoms with Crippen LogP contribution in [0.2, 0.25) is 0 Å². The SMILES string of the molecule is CCN1C(=O)C(C(=O)NC(c2ccccc2)c2ccccc2)C[C@@]2(C)C1CC[C@@H]1[C@H]2CC[C@]2(C)CCC[C@@H]12. The number of likely N-dealkylation sites (tertiary alicyclic amines) is 1. The molecule has 202 valence electrons. The monoisotopic (exact) mass is 512 g/mol. The van der Waals surface area contributed by atoms with Gasteiger partial charge in [-0.05, 0) is 91.6 Å². The lowest BCUT2D eigenvalue weighted by molar-refractivity contribution is -0.172. The van der Waals surface area contributed by atoms with Crippen LogP contribution in [0.15, 0.2) is 60.7 Å². The summed E-state index contributed by atoms with van der Waals surface area (Å²) < 4.78 is 0. The molecule has 2 amide bonds. The molecule has 38 heavy (non-hydrogen) atoms. The number of benzene rings is 2. The van der Waals surface area contributed by atoms with Gasteiger partial charge in [0.1, 0.15) is 5.92 Å². The Labute approximate surface area is 228 Å². The quantitative estimate of drug-likeness (QED) is 0.450. The van der Waals surface area contributed by atoms with Crippen molar-refractivity contribution in [1.29, 1.82) is 0 Å². The zero-order valence-electron chi connectivity index (χ0n) is 23.4. The van der Waals surface area contributed by atoms with E-state index in [2.05, 4.69) is 55.3 Å². The number of amides is 2. The van der Waals surface area contributed by atoms with Crippen LogP contribution < -0.4 is 5.32 Å². The fraction of sp³-hybridized carbons (Fsp3) is 0.588. The van der Waals surface area contributed by atoms with Crippen LogP contribution >= 0.6 is 0 Å². The predicted octanol–water partition coefficient (Wildman–Crippen LogP) is 6.76. The molecular weight excluding hydrogens is 468 g/mol. The van der Waals surface area contributed by atoms with Crippen molar-refractivity contribution < 1.29 is 9.59 Å². The van der Waals surface area contributed by atoms with Crippen molar-refractivity contribution >= 4 is 11.8 Å². The molecule has 1 heterocycles. The number of carbonyl (C=O) groups excluding carboxylic acids is 2. The van der Waals surface area contributed by atoms with E-state index in [1.807, 2.05) is 36.4 Å². The van der Waals surface area contributed by atoms with Crippen molar-refractivity contribution in [3.8, 4) is 0 Å². The summed E-state index contributed by atoms with van der Waals surface area (Å²) in [5.41, 5.74) is 2.58. The van der Waals surface area contributed by atoms with E-state index in [0.717, 1.165) is 29.4 Å². The number of fused-ring (bicyclic) bond motifs is 5. The number of rotatable bonds is 5. The molecule has 3 aliphatic carbocycles. The van der Waals surface area contributed by atoms with E-state index in [0.29, 0.717) is 24.3 Å². The highest BCUT2D eigenvalue weighted by molar-refractivity contribution is 6.01. The second-order valence-electron chi connectivity index (χ2n) is 13.2. The molecule has 4 aliphatic rings. The van der Waals surface area contributed by atoms with Gasteiger partial charge < -0.3 is 10.2 Å². The summed E-state index contributed by atoms with van der Waals surface area (Å²) in [6.07, 6.45) is 9.70. The molecule has 4 heteroatoms. The Kier molecular flexibility index (Phi) is 6.64. The van der Waals surface area contributed by atoms with Gasteiger partial charge in [-0.2, -0.15) is 0 Å². The molecule has 0 aromatic heterocycles. The summed E-state index contributed by atoms with van der Waals surface area (Å²) in [5.74, 6) is 1.46. The molecule has 6 rings (SSSR count). The molecule has 4 nitrogen and oxygen atoms in total. The molecule has 7 atom stereocenters. The molecule has 1 saturated heterocycles. The number of hydrogen-bond acceptors (Lipinski definition) is 2.